The third kappa shape index (κ3) is 5.52. The van der Waals surface area contributed by atoms with Crippen molar-refractivity contribution in [1.82, 2.24) is 10.6 Å². The molecule has 1 fully saturated rings. The lowest BCUT2D eigenvalue weighted by Crippen LogP contribution is -2.34. The van der Waals surface area contributed by atoms with E-state index in [2.05, 4.69) is 22.9 Å². The average Bonchev–Trinajstić information content (AvgIpc) is 2.55. The van der Waals surface area contributed by atoms with E-state index in [0.717, 1.165) is 13.1 Å². The first-order valence-electron chi connectivity index (χ1n) is 7.93. The van der Waals surface area contributed by atoms with Crippen molar-refractivity contribution < 1.29 is 9.59 Å². The van der Waals surface area contributed by atoms with Gasteiger partial charge in [-0.25, -0.2) is 0 Å². The van der Waals surface area contributed by atoms with Crippen LogP contribution >= 0.6 is 12.4 Å². The Balaban J connectivity index is 0.00000264. The van der Waals surface area contributed by atoms with Gasteiger partial charge in [0, 0.05) is 13.5 Å². The first kappa shape index (κ1) is 19.5. The molecule has 128 valence electrons. The van der Waals surface area contributed by atoms with Gasteiger partial charge in [0.05, 0.1) is 11.3 Å². The van der Waals surface area contributed by atoms with Gasteiger partial charge in [0.15, 0.2) is 0 Å². The molecule has 2 rings (SSSR count). The molecule has 0 spiro atoms. The summed E-state index contributed by atoms with van der Waals surface area (Å²) in [7, 11) is 1.58. The van der Waals surface area contributed by atoms with E-state index < -0.39 is 0 Å². The Kier molecular flexibility index (Phi) is 8.06. The van der Waals surface area contributed by atoms with Crippen LogP contribution in [0.4, 0.5) is 5.69 Å². The molecule has 5 nitrogen and oxygen atoms in total. The predicted octanol–water partition coefficient (Wildman–Crippen LogP) is 2.43. The number of benzene rings is 1. The van der Waals surface area contributed by atoms with Gasteiger partial charge >= 0.3 is 0 Å². The molecule has 1 aliphatic heterocycles. The number of carbonyl (C=O) groups excluding carboxylic acids is 2. The molecular weight excluding hydrogens is 314 g/mol. The summed E-state index contributed by atoms with van der Waals surface area (Å²) in [6.45, 7) is 4.19. The number of rotatable bonds is 5. The number of carbonyl (C=O) groups is 2. The monoisotopic (exact) mass is 339 g/mol. The summed E-state index contributed by atoms with van der Waals surface area (Å²) in [5.74, 6) is 0.656. The van der Waals surface area contributed by atoms with Gasteiger partial charge < -0.3 is 16.0 Å². The maximum atomic E-state index is 12.3. The van der Waals surface area contributed by atoms with Crippen LogP contribution in [0.25, 0.3) is 0 Å². The lowest BCUT2D eigenvalue weighted by molar-refractivity contribution is -0.117. The Hall–Kier alpha value is -1.59. The van der Waals surface area contributed by atoms with E-state index in [-0.39, 0.29) is 24.2 Å². The molecule has 1 heterocycles. The lowest BCUT2D eigenvalue weighted by Gasteiger charge is -2.28. The summed E-state index contributed by atoms with van der Waals surface area (Å²) in [4.78, 5) is 24.1. The first-order chi connectivity index (χ1) is 10.6. The van der Waals surface area contributed by atoms with Crippen LogP contribution < -0.4 is 16.0 Å². The zero-order chi connectivity index (χ0) is 15.9. The average molecular weight is 340 g/mol. The van der Waals surface area contributed by atoms with Crippen molar-refractivity contribution in [2.45, 2.75) is 26.2 Å². The minimum atomic E-state index is -0.194. The number of hydrogen-bond acceptors (Lipinski definition) is 3. The molecular formula is C17H26ClN3O2. The largest absolute Gasteiger partial charge is 0.355 e. The molecule has 1 aromatic rings. The predicted molar refractivity (Wildman–Crippen MR) is 95.1 cm³/mol. The molecule has 6 heteroatoms. The summed E-state index contributed by atoms with van der Waals surface area (Å²) in [5, 5.41) is 8.85. The second-order valence-electron chi connectivity index (χ2n) is 5.96. The SMILES string of the molecule is CNC(=O)c1ccccc1NC(=O)CC(C)C1CCCNC1.Cl. The molecule has 1 aromatic carbocycles. The smallest absolute Gasteiger partial charge is 0.253 e. The number of anilines is 1. The first-order valence-corrected chi connectivity index (χ1v) is 7.93. The molecule has 2 atom stereocenters. The van der Waals surface area contributed by atoms with Crippen molar-refractivity contribution in [2.24, 2.45) is 11.8 Å². The highest BCUT2D eigenvalue weighted by molar-refractivity contribution is 6.03. The summed E-state index contributed by atoms with van der Waals surface area (Å²) in [6, 6.07) is 7.07. The number of amides is 2. The Morgan fingerprint density at radius 1 is 1.35 bits per heavy atom. The molecule has 0 aromatic heterocycles. The molecule has 0 aliphatic carbocycles. The molecule has 2 unspecified atom stereocenters. The van der Waals surface area contributed by atoms with E-state index in [9.17, 15) is 9.59 Å². The number of para-hydroxylation sites is 1. The van der Waals surface area contributed by atoms with Gasteiger partial charge in [0.1, 0.15) is 0 Å². The molecule has 0 radical (unpaired) electrons. The zero-order valence-electron chi connectivity index (χ0n) is 13.7. The fourth-order valence-electron chi connectivity index (χ4n) is 2.95. The van der Waals surface area contributed by atoms with Crippen molar-refractivity contribution >= 4 is 29.9 Å². The standard InChI is InChI=1S/C17H25N3O2.ClH/c1-12(13-6-5-9-19-11-13)10-16(21)20-15-8-4-3-7-14(15)17(22)18-2;/h3-4,7-8,12-13,19H,5-6,9-11H2,1-2H3,(H,18,22)(H,20,21);1H. The number of halogens is 1. The van der Waals surface area contributed by atoms with Crippen LogP contribution in [0.15, 0.2) is 24.3 Å². The summed E-state index contributed by atoms with van der Waals surface area (Å²) < 4.78 is 0. The van der Waals surface area contributed by atoms with E-state index >= 15 is 0 Å². The minimum absolute atomic E-state index is 0. The van der Waals surface area contributed by atoms with Crippen LogP contribution in [0.2, 0.25) is 0 Å². The second-order valence-corrected chi connectivity index (χ2v) is 5.96. The van der Waals surface area contributed by atoms with Crippen LogP contribution in [0.3, 0.4) is 0 Å². The van der Waals surface area contributed by atoms with Crippen molar-refractivity contribution in [3.8, 4) is 0 Å². The van der Waals surface area contributed by atoms with Crippen LogP contribution in [0.5, 0.6) is 0 Å². The van der Waals surface area contributed by atoms with Crippen LogP contribution in [0.1, 0.15) is 36.5 Å². The Labute approximate surface area is 144 Å². The van der Waals surface area contributed by atoms with Gasteiger partial charge in [-0.1, -0.05) is 19.1 Å². The Morgan fingerprint density at radius 3 is 2.74 bits per heavy atom. The zero-order valence-corrected chi connectivity index (χ0v) is 14.5. The minimum Gasteiger partial charge on any atom is -0.355 e. The summed E-state index contributed by atoms with van der Waals surface area (Å²) in [5.41, 5.74) is 1.06. The molecule has 0 saturated carbocycles. The van der Waals surface area contributed by atoms with E-state index in [0.29, 0.717) is 29.5 Å². The number of piperidine rings is 1. The third-order valence-corrected chi connectivity index (χ3v) is 4.32. The summed E-state index contributed by atoms with van der Waals surface area (Å²) >= 11 is 0. The quantitative estimate of drug-likeness (QED) is 0.771. The summed E-state index contributed by atoms with van der Waals surface area (Å²) in [6.07, 6.45) is 2.83. The molecule has 1 saturated heterocycles. The van der Waals surface area contributed by atoms with E-state index in [1.54, 1.807) is 25.2 Å². The Morgan fingerprint density at radius 2 is 2.09 bits per heavy atom. The topological polar surface area (TPSA) is 70.2 Å². The number of hydrogen-bond donors (Lipinski definition) is 3. The van der Waals surface area contributed by atoms with Crippen molar-refractivity contribution in [3.63, 3.8) is 0 Å². The second kappa shape index (κ2) is 9.53. The maximum absolute atomic E-state index is 12.3. The van der Waals surface area contributed by atoms with Gasteiger partial charge in [-0.2, -0.15) is 0 Å². The van der Waals surface area contributed by atoms with Gasteiger partial charge in [-0.3, -0.25) is 9.59 Å². The molecule has 1 aliphatic rings. The molecule has 2 amide bonds. The fraction of sp³-hybridized carbons (Fsp3) is 0.529. The van der Waals surface area contributed by atoms with Crippen LogP contribution in [0, 0.1) is 11.8 Å². The van der Waals surface area contributed by atoms with Crippen molar-refractivity contribution in [1.29, 1.82) is 0 Å². The number of nitrogens with one attached hydrogen (secondary N) is 3. The van der Waals surface area contributed by atoms with Crippen LogP contribution in [-0.4, -0.2) is 32.0 Å². The molecule has 0 bridgehead atoms. The highest BCUT2D eigenvalue weighted by Gasteiger charge is 2.22. The van der Waals surface area contributed by atoms with Gasteiger partial charge in [0.25, 0.3) is 5.91 Å². The Bertz CT molecular complexity index is 530. The van der Waals surface area contributed by atoms with Crippen molar-refractivity contribution in [3.05, 3.63) is 29.8 Å². The maximum Gasteiger partial charge on any atom is 0.253 e. The van der Waals surface area contributed by atoms with Gasteiger partial charge in [0.2, 0.25) is 5.91 Å². The van der Waals surface area contributed by atoms with E-state index in [1.807, 2.05) is 6.07 Å². The highest BCUT2D eigenvalue weighted by Crippen LogP contribution is 2.23. The van der Waals surface area contributed by atoms with Crippen molar-refractivity contribution in [2.75, 3.05) is 25.5 Å². The van der Waals surface area contributed by atoms with Gasteiger partial charge in [-0.15, -0.1) is 12.4 Å². The normalized spacial score (nSPS) is 18.4. The van der Waals surface area contributed by atoms with Crippen LogP contribution in [-0.2, 0) is 4.79 Å². The van der Waals surface area contributed by atoms with Gasteiger partial charge in [-0.05, 0) is 49.9 Å². The van der Waals surface area contributed by atoms with E-state index in [1.165, 1.54) is 12.8 Å². The third-order valence-electron chi connectivity index (χ3n) is 4.32. The molecule has 3 N–H and O–H groups in total. The highest BCUT2D eigenvalue weighted by atomic mass is 35.5. The van der Waals surface area contributed by atoms with E-state index in [4.69, 9.17) is 0 Å². The fourth-order valence-corrected chi connectivity index (χ4v) is 2.95. The molecule has 23 heavy (non-hydrogen) atoms. The lowest BCUT2D eigenvalue weighted by atomic mass is 9.85.